The molecule has 0 aromatic heterocycles. The molecule has 1 aromatic carbocycles. The van der Waals surface area contributed by atoms with Crippen LogP contribution in [0.15, 0.2) is 24.3 Å². The summed E-state index contributed by atoms with van der Waals surface area (Å²) >= 11 is 0. The third kappa shape index (κ3) is 1.51. The number of hydrogen-bond donors (Lipinski definition) is 1. The molecule has 0 heterocycles. The third-order valence-electron chi connectivity index (χ3n) is 1.20. The standard InChI is InChI=1S/C7H7F2N/c8-7(9)5-2-1-3-6(10)4-5/h1-4,7H,10H2/p+1. The number of benzene rings is 1. The lowest BCUT2D eigenvalue weighted by molar-refractivity contribution is -0.254. The highest BCUT2D eigenvalue weighted by Gasteiger charge is 2.05. The van der Waals surface area contributed by atoms with Gasteiger partial charge in [0, 0.05) is 11.6 Å². The van der Waals surface area contributed by atoms with Crippen molar-refractivity contribution in [3.63, 3.8) is 0 Å². The average molecular weight is 144 g/mol. The third-order valence-corrected chi connectivity index (χ3v) is 1.20. The predicted octanol–water partition coefficient (Wildman–Crippen LogP) is 1.50. The van der Waals surface area contributed by atoms with Crippen LogP contribution in [0.3, 0.4) is 0 Å². The molecule has 0 spiro atoms. The maximum absolute atomic E-state index is 11.9. The van der Waals surface area contributed by atoms with Gasteiger partial charge in [-0.15, -0.1) is 0 Å². The van der Waals surface area contributed by atoms with Crippen molar-refractivity contribution in [2.45, 2.75) is 6.43 Å². The Bertz CT molecular complexity index is 223. The van der Waals surface area contributed by atoms with E-state index < -0.39 is 6.43 Å². The Morgan fingerprint density at radius 3 is 2.40 bits per heavy atom. The molecule has 0 unspecified atom stereocenters. The van der Waals surface area contributed by atoms with E-state index in [-0.39, 0.29) is 5.56 Å². The second kappa shape index (κ2) is 2.75. The Labute approximate surface area is 57.5 Å². The van der Waals surface area contributed by atoms with Crippen LogP contribution in [0.4, 0.5) is 14.5 Å². The van der Waals surface area contributed by atoms with Crippen molar-refractivity contribution in [3.05, 3.63) is 29.8 Å². The van der Waals surface area contributed by atoms with E-state index >= 15 is 0 Å². The second-order valence-electron chi connectivity index (χ2n) is 2.05. The molecule has 1 rings (SSSR count). The van der Waals surface area contributed by atoms with E-state index in [1.807, 2.05) is 0 Å². The van der Waals surface area contributed by atoms with Crippen LogP contribution in [0.5, 0.6) is 0 Å². The Kier molecular flexibility index (Phi) is 1.97. The van der Waals surface area contributed by atoms with E-state index in [1.54, 1.807) is 12.1 Å². The van der Waals surface area contributed by atoms with Crippen molar-refractivity contribution < 1.29 is 14.5 Å². The monoisotopic (exact) mass is 144 g/mol. The van der Waals surface area contributed by atoms with Crippen molar-refractivity contribution in [2.24, 2.45) is 0 Å². The molecule has 0 amide bonds. The van der Waals surface area contributed by atoms with Gasteiger partial charge in [-0.05, 0) is 6.07 Å². The molecule has 1 aromatic rings. The maximum Gasteiger partial charge on any atom is 0.264 e. The van der Waals surface area contributed by atoms with Crippen LogP contribution in [-0.2, 0) is 0 Å². The predicted molar refractivity (Wildman–Crippen MR) is 33.9 cm³/mol. The van der Waals surface area contributed by atoms with Gasteiger partial charge >= 0.3 is 0 Å². The fraction of sp³-hybridized carbons (Fsp3) is 0.143. The zero-order chi connectivity index (χ0) is 7.56. The Morgan fingerprint density at radius 1 is 1.30 bits per heavy atom. The highest BCUT2D eigenvalue weighted by Crippen LogP contribution is 2.19. The summed E-state index contributed by atoms with van der Waals surface area (Å²) in [6.45, 7) is 0. The molecule has 0 aliphatic heterocycles. The second-order valence-corrected chi connectivity index (χ2v) is 2.05. The van der Waals surface area contributed by atoms with E-state index in [0.29, 0.717) is 5.69 Å². The summed E-state index contributed by atoms with van der Waals surface area (Å²) in [5, 5.41) is 0. The SMILES string of the molecule is [NH3+]c1cccc(C(F)F)c1. The zero-order valence-electron chi connectivity index (χ0n) is 5.35. The van der Waals surface area contributed by atoms with Crippen LogP contribution >= 0.6 is 0 Å². The van der Waals surface area contributed by atoms with Gasteiger partial charge in [0.05, 0.1) is 0 Å². The van der Waals surface area contributed by atoms with E-state index in [0.717, 1.165) is 0 Å². The van der Waals surface area contributed by atoms with Gasteiger partial charge in [-0.2, -0.15) is 0 Å². The maximum atomic E-state index is 11.9. The number of alkyl halides is 2. The molecule has 54 valence electrons. The lowest BCUT2D eigenvalue weighted by Crippen LogP contribution is -2.40. The minimum Gasteiger partial charge on any atom is -0.325 e. The molecule has 0 atom stereocenters. The van der Waals surface area contributed by atoms with Crippen molar-refractivity contribution in [3.8, 4) is 0 Å². The molecule has 3 heteroatoms. The van der Waals surface area contributed by atoms with Gasteiger partial charge in [0.25, 0.3) is 6.43 Å². The van der Waals surface area contributed by atoms with Gasteiger partial charge in [0.1, 0.15) is 5.69 Å². The number of rotatable bonds is 1. The number of hydrogen-bond acceptors (Lipinski definition) is 0. The first-order valence-corrected chi connectivity index (χ1v) is 2.90. The van der Waals surface area contributed by atoms with E-state index in [2.05, 4.69) is 5.73 Å². The molecule has 0 aliphatic rings. The van der Waals surface area contributed by atoms with Crippen LogP contribution in [0, 0.1) is 0 Å². The van der Waals surface area contributed by atoms with Crippen molar-refractivity contribution in [1.82, 2.24) is 0 Å². The molecule has 0 aliphatic carbocycles. The van der Waals surface area contributed by atoms with Crippen molar-refractivity contribution >= 4 is 5.69 Å². The van der Waals surface area contributed by atoms with Crippen LogP contribution in [0.25, 0.3) is 0 Å². The average Bonchev–Trinajstić information content (AvgIpc) is 1.88. The Morgan fingerprint density at radius 2 is 2.00 bits per heavy atom. The van der Waals surface area contributed by atoms with Gasteiger partial charge in [0.15, 0.2) is 0 Å². The van der Waals surface area contributed by atoms with E-state index in [9.17, 15) is 8.78 Å². The molecule has 0 fully saturated rings. The minimum absolute atomic E-state index is 0.0347. The molecule has 10 heavy (non-hydrogen) atoms. The molecule has 0 bridgehead atoms. The van der Waals surface area contributed by atoms with Crippen molar-refractivity contribution in [2.75, 3.05) is 0 Å². The van der Waals surface area contributed by atoms with Crippen LogP contribution < -0.4 is 5.73 Å². The van der Waals surface area contributed by atoms with Gasteiger partial charge < -0.3 is 5.73 Å². The molecule has 0 saturated heterocycles. The molecule has 3 N–H and O–H groups in total. The normalized spacial score (nSPS) is 10.4. The highest BCUT2D eigenvalue weighted by atomic mass is 19.3. The lowest BCUT2D eigenvalue weighted by atomic mass is 10.2. The summed E-state index contributed by atoms with van der Waals surface area (Å²) in [6, 6.07) is 6.03. The first kappa shape index (κ1) is 7.15. The largest absolute Gasteiger partial charge is 0.325 e. The van der Waals surface area contributed by atoms with Crippen LogP contribution in [0.2, 0.25) is 0 Å². The summed E-state index contributed by atoms with van der Waals surface area (Å²) < 4.78 is 23.8. The first-order chi connectivity index (χ1) is 4.70. The highest BCUT2D eigenvalue weighted by molar-refractivity contribution is 5.32. The molecule has 1 nitrogen and oxygen atoms in total. The Balaban J connectivity index is 2.96. The van der Waals surface area contributed by atoms with Crippen LogP contribution in [0.1, 0.15) is 12.0 Å². The fourth-order valence-electron chi connectivity index (χ4n) is 0.729. The molecular weight excluding hydrogens is 136 g/mol. The summed E-state index contributed by atoms with van der Waals surface area (Å²) in [5.74, 6) is 0. The van der Waals surface area contributed by atoms with E-state index in [1.165, 1.54) is 12.1 Å². The fourth-order valence-corrected chi connectivity index (χ4v) is 0.729. The van der Waals surface area contributed by atoms with Crippen molar-refractivity contribution in [1.29, 1.82) is 0 Å². The van der Waals surface area contributed by atoms with E-state index in [4.69, 9.17) is 0 Å². The van der Waals surface area contributed by atoms with Crippen LogP contribution in [-0.4, -0.2) is 0 Å². The lowest BCUT2D eigenvalue weighted by Gasteiger charge is -1.96. The Hall–Kier alpha value is -0.960. The number of quaternary nitrogens is 1. The number of halogens is 2. The molecule has 0 saturated carbocycles. The van der Waals surface area contributed by atoms with Gasteiger partial charge in [-0.1, -0.05) is 12.1 Å². The quantitative estimate of drug-likeness (QED) is 0.618. The smallest absolute Gasteiger partial charge is 0.264 e. The summed E-state index contributed by atoms with van der Waals surface area (Å²) in [4.78, 5) is 0. The summed E-state index contributed by atoms with van der Waals surface area (Å²) in [6.07, 6.45) is -2.39. The van der Waals surface area contributed by atoms with Gasteiger partial charge in [-0.3, -0.25) is 0 Å². The topological polar surface area (TPSA) is 27.6 Å². The summed E-state index contributed by atoms with van der Waals surface area (Å²) in [7, 11) is 0. The van der Waals surface area contributed by atoms with Gasteiger partial charge in [0.2, 0.25) is 0 Å². The summed E-state index contributed by atoms with van der Waals surface area (Å²) in [5.41, 5.74) is 4.19. The molecule has 0 radical (unpaired) electrons. The first-order valence-electron chi connectivity index (χ1n) is 2.90. The zero-order valence-corrected chi connectivity index (χ0v) is 5.35. The molecular formula is C7H8F2N+. The van der Waals surface area contributed by atoms with Gasteiger partial charge in [-0.25, -0.2) is 8.78 Å². The minimum atomic E-state index is -2.39.